The molecule has 3 rings (SSSR count). The van der Waals surface area contributed by atoms with Gasteiger partial charge in [0.2, 0.25) is 0 Å². The van der Waals surface area contributed by atoms with Crippen LogP contribution in [0, 0.1) is 0 Å². The predicted octanol–water partition coefficient (Wildman–Crippen LogP) is 2.85. The molecule has 0 unspecified atom stereocenters. The molecule has 2 aromatic carbocycles. The van der Waals surface area contributed by atoms with Gasteiger partial charge in [-0.3, -0.25) is 9.36 Å². The van der Waals surface area contributed by atoms with Crippen molar-refractivity contribution in [1.82, 2.24) is 9.55 Å². The zero-order valence-corrected chi connectivity index (χ0v) is 13.2. The molecule has 0 radical (unpaired) electrons. The van der Waals surface area contributed by atoms with Crippen LogP contribution in [0.2, 0.25) is 0 Å². The standard InChI is InChI=1S/C18H18N2O4/c1-2-3-4-16-19-14-9-13(22)10-15(23)17(14)18(24)20(16)11-5-7-12(21)8-6-11/h5-10,21-23H,2-4H2,1H3. The molecular weight excluding hydrogens is 308 g/mol. The van der Waals surface area contributed by atoms with Crippen LogP contribution in [0.15, 0.2) is 41.2 Å². The summed E-state index contributed by atoms with van der Waals surface area (Å²) in [6, 6.07) is 8.72. The van der Waals surface area contributed by atoms with Gasteiger partial charge < -0.3 is 15.3 Å². The molecule has 24 heavy (non-hydrogen) atoms. The molecule has 3 aromatic rings. The minimum Gasteiger partial charge on any atom is -0.508 e. The number of rotatable bonds is 4. The molecule has 0 aliphatic rings. The number of aromatic nitrogens is 2. The van der Waals surface area contributed by atoms with Gasteiger partial charge in [0, 0.05) is 18.6 Å². The first kappa shape index (κ1) is 15.9. The Hall–Kier alpha value is -3.02. The Labute approximate surface area is 138 Å². The summed E-state index contributed by atoms with van der Waals surface area (Å²) in [7, 11) is 0. The fraction of sp³-hybridized carbons (Fsp3) is 0.222. The lowest BCUT2D eigenvalue weighted by Crippen LogP contribution is -2.24. The van der Waals surface area contributed by atoms with Crippen molar-refractivity contribution in [3.63, 3.8) is 0 Å². The number of unbranched alkanes of at least 4 members (excludes halogenated alkanes) is 1. The summed E-state index contributed by atoms with van der Waals surface area (Å²) in [6.45, 7) is 2.04. The van der Waals surface area contributed by atoms with E-state index in [1.54, 1.807) is 12.1 Å². The number of phenols is 3. The van der Waals surface area contributed by atoms with Gasteiger partial charge in [-0.05, 0) is 30.7 Å². The molecule has 6 nitrogen and oxygen atoms in total. The third kappa shape index (κ3) is 2.78. The van der Waals surface area contributed by atoms with E-state index in [2.05, 4.69) is 4.98 Å². The van der Waals surface area contributed by atoms with E-state index in [-0.39, 0.29) is 28.2 Å². The third-order valence-electron chi connectivity index (χ3n) is 3.87. The highest BCUT2D eigenvalue weighted by atomic mass is 16.3. The van der Waals surface area contributed by atoms with E-state index >= 15 is 0 Å². The second kappa shape index (κ2) is 6.23. The Morgan fingerprint density at radius 2 is 1.75 bits per heavy atom. The first-order valence-electron chi connectivity index (χ1n) is 7.78. The van der Waals surface area contributed by atoms with Crippen LogP contribution in [0.25, 0.3) is 16.6 Å². The van der Waals surface area contributed by atoms with E-state index < -0.39 is 5.56 Å². The topological polar surface area (TPSA) is 95.6 Å². The molecule has 0 saturated heterocycles. The highest BCUT2D eigenvalue weighted by Crippen LogP contribution is 2.27. The average Bonchev–Trinajstić information content (AvgIpc) is 2.53. The normalized spacial score (nSPS) is 11.0. The summed E-state index contributed by atoms with van der Waals surface area (Å²) in [4.78, 5) is 17.4. The largest absolute Gasteiger partial charge is 0.508 e. The Morgan fingerprint density at radius 3 is 2.42 bits per heavy atom. The lowest BCUT2D eigenvalue weighted by molar-refractivity contribution is 0.454. The Bertz CT molecular complexity index is 946. The summed E-state index contributed by atoms with van der Waals surface area (Å²) >= 11 is 0. The van der Waals surface area contributed by atoms with Gasteiger partial charge in [-0.2, -0.15) is 0 Å². The van der Waals surface area contributed by atoms with Gasteiger partial charge in [0.05, 0.1) is 11.2 Å². The van der Waals surface area contributed by atoms with Crippen LogP contribution in [0.3, 0.4) is 0 Å². The van der Waals surface area contributed by atoms with Gasteiger partial charge >= 0.3 is 0 Å². The highest BCUT2D eigenvalue weighted by Gasteiger charge is 2.16. The van der Waals surface area contributed by atoms with Gasteiger partial charge in [-0.25, -0.2) is 4.98 Å². The van der Waals surface area contributed by atoms with Crippen LogP contribution in [0.1, 0.15) is 25.6 Å². The number of phenolic OH excluding ortho intramolecular Hbond substituents is 3. The predicted molar refractivity (Wildman–Crippen MR) is 90.9 cm³/mol. The molecule has 0 amide bonds. The van der Waals surface area contributed by atoms with Crippen molar-refractivity contribution in [1.29, 1.82) is 0 Å². The smallest absolute Gasteiger partial charge is 0.269 e. The molecule has 0 bridgehead atoms. The average molecular weight is 326 g/mol. The van der Waals surface area contributed by atoms with E-state index in [9.17, 15) is 20.1 Å². The van der Waals surface area contributed by atoms with Gasteiger partial charge in [0.25, 0.3) is 5.56 Å². The molecule has 124 valence electrons. The second-order valence-electron chi connectivity index (χ2n) is 5.65. The summed E-state index contributed by atoms with van der Waals surface area (Å²) in [5, 5.41) is 29.2. The van der Waals surface area contributed by atoms with Gasteiger partial charge in [-0.15, -0.1) is 0 Å². The third-order valence-corrected chi connectivity index (χ3v) is 3.87. The maximum absolute atomic E-state index is 12.9. The van der Waals surface area contributed by atoms with Crippen LogP contribution in [-0.4, -0.2) is 24.9 Å². The van der Waals surface area contributed by atoms with Crippen molar-refractivity contribution in [2.45, 2.75) is 26.2 Å². The molecule has 0 saturated carbocycles. The van der Waals surface area contributed by atoms with E-state index in [0.29, 0.717) is 17.9 Å². The molecule has 0 fully saturated rings. The summed E-state index contributed by atoms with van der Waals surface area (Å²) in [5.41, 5.74) is 0.415. The van der Waals surface area contributed by atoms with Crippen molar-refractivity contribution in [3.05, 3.63) is 52.6 Å². The number of hydrogen-bond acceptors (Lipinski definition) is 5. The van der Waals surface area contributed by atoms with Crippen molar-refractivity contribution in [2.75, 3.05) is 0 Å². The SMILES string of the molecule is CCCCc1nc2cc(O)cc(O)c2c(=O)n1-c1ccc(O)cc1. The first-order chi connectivity index (χ1) is 11.5. The van der Waals surface area contributed by atoms with Gasteiger partial charge in [-0.1, -0.05) is 13.3 Å². The number of aromatic hydroxyl groups is 3. The van der Waals surface area contributed by atoms with Gasteiger partial charge in [0.1, 0.15) is 28.5 Å². The Balaban J connectivity index is 2.34. The molecule has 1 heterocycles. The molecule has 6 heteroatoms. The number of aryl methyl sites for hydroxylation is 1. The number of hydrogen-bond donors (Lipinski definition) is 3. The monoisotopic (exact) mass is 326 g/mol. The Kier molecular flexibility index (Phi) is 4.12. The van der Waals surface area contributed by atoms with Crippen LogP contribution < -0.4 is 5.56 Å². The fourth-order valence-corrected chi connectivity index (χ4v) is 2.69. The van der Waals surface area contributed by atoms with E-state index in [1.165, 1.54) is 22.8 Å². The van der Waals surface area contributed by atoms with Gasteiger partial charge in [0.15, 0.2) is 0 Å². The van der Waals surface area contributed by atoms with Crippen molar-refractivity contribution in [2.24, 2.45) is 0 Å². The molecular formula is C18H18N2O4. The van der Waals surface area contributed by atoms with Crippen LogP contribution in [-0.2, 0) is 6.42 Å². The maximum Gasteiger partial charge on any atom is 0.269 e. The maximum atomic E-state index is 12.9. The molecule has 1 aromatic heterocycles. The number of fused-ring (bicyclic) bond motifs is 1. The molecule has 0 aliphatic carbocycles. The van der Waals surface area contributed by atoms with Crippen molar-refractivity contribution < 1.29 is 15.3 Å². The van der Waals surface area contributed by atoms with E-state index in [1.807, 2.05) is 6.92 Å². The molecule has 0 spiro atoms. The molecule has 0 aliphatic heterocycles. The first-order valence-corrected chi connectivity index (χ1v) is 7.78. The van der Waals surface area contributed by atoms with Crippen LogP contribution in [0.5, 0.6) is 17.2 Å². The summed E-state index contributed by atoms with van der Waals surface area (Å²) in [6.07, 6.45) is 2.37. The van der Waals surface area contributed by atoms with Crippen LogP contribution in [0.4, 0.5) is 0 Å². The molecule has 0 atom stereocenters. The molecule has 3 N–H and O–H groups in total. The van der Waals surface area contributed by atoms with Crippen LogP contribution >= 0.6 is 0 Å². The van der Waals surface area contributed by atoms with Crippen molar-refractivity contribution >= 4 is 10.9 Å². The zero-order valence-electron chi connectivity index (χ0n) is 13.2. The summed E-state index contributed by atoms with van der Waals surface area (Å²) in [5.74, 6) is 0.196. The minimum absolute atomic E-state index is 0.0566. The number of nitrogens with zero attached hydrogens (tertiary/aromatic N) is 2. The van der Waals surface area contributed by atoms with E-state index in [4.69, 9.17) is 0 Å². The quantitative estimate of drug-likeness (QED) is 0.685. The number of benzene rings is 2. The second-order valence-corrected chi connectivity index (χ2v) is 5.65. The lowest BCUT2D eigenvalue weighted by atomic mass is 10.1. The minimum atomic E-state index is -0.408. The van der Waals surface area contributed by atoms with Crippen molar-refractivity contribution in [3.8, 4) is 22.9 Å². The zero-order chi connectivity index (χ0) is 17.3. The highest BCUT2D eigenvalue weighted by molar-refractivity contribution is 5.85. The van der Waals surface area contributed by atoms with E-state index in [0.717, 1.165) is 18.9 Å². The summed E-state index contributed by atoms with van der Waals surface area (Å²) < 4.78 is 1.44. The fourth-order valence-electron chi connectivity index (χ4n) is 2.69. The Morgan fingerprint density at radius 1 is 1.04 bits per heavy atom. The lowest BCUT2D eigenvalue weighted by Gasteiger charge is -2.14.